The smallest absolute Gasteiger partial charge is 0.220 e. The average Bonchev–Trinajstić information content (AvgIpc) is 2.57. The van der Waals surface area contributed by atoms with Gasteiger partial charge in [0.25, 0.3) is 0 Å². The summed E-state index contributed by atoms with van der Waals surface area (Å²) in [7, 11) is 0. The van der Waals surface area contributed by atoms with Crippen molar-refractivity contribution < 1.29 is 4.79 Å². The Hall–Kier alpha value is -1.05. The molecule has 82 valence electrons. The molecule has 1 saturated heterocycles. The fourth-order valence-corrected chi connectivity index (χ4v) is 2.41. The molecule has 0 aromatic heterocycles. The monoisotopic (exact) mass is 205 g/mol. The molecule has 2 atom stereocenters. The van der Waals surface area contributed by atoms with E-state index in [2.05, 4.69) is 37.4 Å². The molecule has 2 nitrogen and oxygen atoms in total. The van der Waals surface area contributed by atoms with Gasteiger partial charge in [-0.1, -0.05) is 30.7 Å². The standard InChI is InChI=1S/C13H19NO/c1-10-5-7-13(2,8-6-10)9-11-3-4-12(15)14-11/h5-7,11H,3-4,8-9H2,1-2H3,(H,14,15). The summed E-state index contributed by atoms with van der Waals surface area (Å²) >= 11 is 0. The fraction of sp³-hybridized carbons (Fsp3) is 0.615. The molecule has 0 aromatic rings. The number of amides is 1. The second-order valence-electron chi connectivity index (χ2n) is 5.15. The zero-order valence-corrected chi connectivity index (χ0v) is 9.55. The molecule has 0 radical (unpaired) electrons. The Morgan fingerprint density at radius 2 is 2.40 bits per heavy atom. The van der Waals surface area contributed by atoms with E-state index in [1.165, 1.54) is 5.57 Å². The van der Waals surface area contributed by atoms with Gasteiger partial charge in [-0.15, -0.1) is 0 Å². The molecule has 2 unspecified atom stereocenters. The Balaban J connectivity index is 1.95. The van der Waals surface area contributed by atoms with Crippen LogP contribution in [0.15, 0.2) is 23.8 Å². The zero-order chi connectivity index (χ0) is 10.9. The highest BCUT2D eigenvalue weighted by Gasteiger charge is 2.30. The highest BCUT2D eigenvalue weighted by molar-refractivity contribution is 5.78. The van der Waals surface area contributed by atoms with E-state index in [4.69, 9.17) is 0 Å². The molecular weight excluding hydrogens is 186 g/mol. The summed E-state index contributed by atoms with van der Waals surface area (Å²) in [6, 6.07) is 0.388. The van der Waals surface area contributed by atoms with Gasteiger partial charge in [0.15, 0.2) is 0 Å². The Morgan fingerprint density at radius 1 is 1.60 bits per heavy atom. The highest BCUT2D eigenvalue weighted by Crippen LogP contribution is 2.35. The molecule has 0 bridgehead atoms. The minimum atomic E-state index is 0.218. The summed E-state index contributed by atoms with van der Waals surface area (Å²) in [5, 5.41) is 3.04. The third-order valence-corrected chi connectivity index (χ3v) is 3.44. The maximum Gasteiger partial charge on any atom is 0.220 e. The van der Waals surface area contributed by atoms with Gasteiger partial charge in [-0.2, -0.15) is 0 Å². The van der Waals surface area contributed by atoms with Gasteiger partial charge >= 0.3 is 0 Å². The molecule has 1 fully saturated rings. The Labute approximate surface area is 91.4 Å². The van der Waals surface area contributed by atoms with Gasteiger partial charge in [0.1, 0.15) is 0 Å². The van der Waals surface area contributed by atoms with Gasteiger partial charge in [-0.3, -0.25) is 4.79 Å². The van der Waals surface area contributed by atoms with Crippen molar-refractivity contribution in [3.63, 3.8) is 0 Å². The molecule has 1 aliphatic heterocycles. The van der Waals surface area contributed by atoms with Crippen LogP contribution in [0.5, 0.6) is 0 Å². The number of nitrogens with one attached hydrogen (secondary N) is 1. The van der Waals surface area contributed by atoms with Crippen molar-refractivity contribution >= 4 is 5.91 Å². The molecule has 1 aliphatic carbocycles. The lowest BCUT2D eigenvalue weighted by Crippen LogP contribution is -2.31. The van der Waals surface area contributed by atoms with E-state index < -0.39 is 0 Å². The van der Waals surface area contributed by atoms with Crippen LogP contribution in [0.25, 0.3) is 0 Å². The largest absolute Gasteiger partial charge is 0.353 e. The van der Waals surface area contributed by atoms with E-state index >= 15 is 0 Å². The molecule has 2 heteroatoms. The SMILES string of the molecule is CC1=CCC(C)(CC2CCC(=O)N2)C=C1. The van der Waals surface area contributed by atoms with Gasteiger partial charge < -0.3 is 5.32 Å². The maximum atomic E-state index is 11.1. The predicted molar refractivity (Wildman–Crippen MR) is 61.4 cm³/mol. The third-order valence-electron chi connectivity index (χ3n) is 3.44. The first kappa shape index (κ1) is 10.5. The minimum Gasteiger partial charge on any atom is -0.353 e. The molecule has 0 saturated carbocycles. The van der Waals surface area contributed by atoms with E-state index in [1.807, 2.05) is 0 Å². The highest BCUT2D eigenvalue weighted by atomic mass is 16.1. The van der Waals surface area contributed by atoms with Crippen molar-refractivity contribution in [2.75, 3.05) is 0 Å². The average molecular weight is 205 g/mol. The summed E-state index contributed by atoms with van der Waals surface area (Å²) < 4.78 is 0. The van der Waals surface area contributed by atoms with Gasteiger partial charge in [-0.05, 0) is 31.6 Å². The van der Waals surface area contributed by atoms with Gasteiger partial charge in [-0.25, -0.2) is 0 Å². The first-order valence-corrected chi connectivity index (χ1v) is 5.73. The fourth-order valence-electron chi connectivity index (χ4n) is 2.41. The minimum absolute atomic E-state index is 0.218. The summed E-state index contributed by atoms with van der Waals surface area (Å²) in [5.41, 5.74) is 1.59. The van der Waals surface area contributed by atoms with E-state index in [0.717, 1.165) is 19.3 Å². The molecule has 0 aromatic carbocycles. The van der Waals surface area contributed by atoms with E-state index in [-0.39, 0.29) is 11.3 Å². The molecule has 2 aliphatic rings. The summed E-state index contributed by atoms with van der Waals surface area (Å²) in [5.74, 6) is 0.218. The number of hydrogen-bond donors (Lipinski definition) is 1. The van der Waals surface area contributed by atoms with Crippen molar-refractivity contribution in [1.82, 2.24) is 5.32 Å². The second-order valence-corrected chi connectivity index (χ2v) is 5.15. The lowest BCUT2D eigenvalue weighted by atomic mass is 9.77. The molecule has 1 amide bonds. The predicted octanol–water partition coefficient (Wildman–Crippen LogP) is 2.57. The van der Waals surface area contributed by atoms with Crippen molar-refractivity contribution in [2.24, 2.45) is 5.41 Å². The van der Waals surface area contributed by atoms with Crippen LogP contribution in [0, 0.1) is 5.41 Å². The molecule has 1 heterocycles. The summed E-state index contributed by atoms with van der Waals surface area (Å²) in [6.07, 6.45) is 10.7. The molecule has 15 heavy (non-hydrogen) atoms. The molecule has 0 spiro atoms. The van der Waals surface area contributed by atoms with Gasteiger partial charge in [0, 0.05) is 12.5 Å². The van der Waals surface area contributed by atoms with E-state index in [9.17, 15) is 4.79 Å². The lowest BCUT2D eigenvalue weighted by molar-refractivity contribution is -0.119. The van der Waals surface area contributed by atoms with Crippen molar-refractivity contribution in [2.45, 2.75) is 45.6 Å². The number of carbonyl (C=O) groups is 1. The molecule has 2 rings (SSSR count). The zero-order valence-electron chi connectivity index (χ0n) is 9.55. The number of carbonyl (C=O) groups excluding carboxylic acids is 1. The van der Waals surface area contributed by atoms with Crippen molar-refractivity contribution in [1.29, 1.82) is 0 Å². The summed E-state index contributed by atoms with van der Waals surface area (Å²) in [6.45, 7) is 4.41. The Bertz CT molecular complexity index is 329. The third kappa shape index (κ3) is 2.49. The van der Waals surface area contributed by atoms with Gasteiger partial charge in [0.05, 0.1) is 0 Å². The number of allylic oxidation sites excluding steroid dienone is 4. The van der Waals surface area contributed by atoms with E-state index in [1.54, 1.807) is 0 Å². The number of rotatable bonds is 2. The van der Waals surface area contributed by atoms with Crippen molar-refractivity contribution in [3.8, 4) is 0 Å². The maximum absolute atomic E-state index is 11.1. The quantitative estimate of drug-likeness (QED) is 0.737. The van der Waals surface area contributed by atoms with Crippen LogP contribution in [-0.2, 0) is 4.79 Å². The van der Waals surface area contributed by atoms with Gasteiger partial charge in [0.2, 0.25) is 5.91 Å². The Morgan fingerprint density at radius 3 is 2.93 bits per heavy atom. The number of hydrogen-bond acceptors (Lipinski definition) is 1. The first-order valence-electron chi connectivity index (χ1n) is 5.73. The second kappa shape index (κ2) is 3.84. The van der Waals surface area contributed by atoms with E-state index in [0.29, 0.717) is 12.5 Å². The van der Waals surface area contributed by atoms with Crippen LogP contribution in [0.1, 0.15) is 39.5 Å². The normalized spacial score (nSPS) is 35.2. The van der Waals surface area contributed by atoms with Crippen LogP contribution in [0.2, 0.25) is 0 Å². The van der Waals surface area contributed by atoms with Crippen LogP contribution in [0.3, 0.4) is 0 Å². The lowest BCUT2D eigenvalue weighted by Gasteiger charge is -2.30. The summed E-state index contributed by atoms with van der Waals surface area (Å²) in [4.78, 5) is 11.1. The topological polar surface area (TPSA) is 29.1 Å². The van der Waals surface area contributed by atoms with Crippen LogP contribution in [0.4, 0.5) is 0 Å². The van der Waals surface area contributed by atoms with Crippen molar-refractivity contribution in [3.05, 3.63) is 23.8 Å². The molecular formula is C13H19NO. The molecule has 1 N–H and O–H groups in total. The van der Waals surface area contributed by atoms with Crippen LogP contribution in [-0.4, -0.2) is 11.9 Å². The van der Waals surface area contributed by atoms with Crippen LogP contribution >= 0.6 is 0 Å². The Kier molecular flexibility index (Phi) is 2.68. The first-order chi connectivity index (χ1) is 7.07. The van der Waals surface area contributed by atoms with Crippen LogP contribution < -0.4 is 5.32 Å².